The number of carbonyl (C=O) groups is 2. The van der Waals surface area contributed by atoms with Gasteiger partial charge in [-0.25, -0.2) is 0 Å². The van der Waals surface area contributed by atoms with Crippen LogP contribution in [0.1, 0.15) is 29.0 Å². The number of nitrogens with zero attached hydrogens (tertiary/aromatic N) is 4. The molecule has 1 aliphatic heterocycles. The highest BCUT2D eigenvalue weighted by atomic mass is 16.5. The van der Waals surface area contributed by atoms with E-state index in [1.807, 2.05) is 19.0 Å². The Morgan fingerprint density at radius 3 is 2.83 bits per heavy atom. The van der Waals surface area contributed by atoms with Gasteiger partial charge in [-0.05, 0) is 45.8 Å². The second kappa shape index (κ2) is 9.04. The van der Waals surface area contributed by atoms with E-state index in [1.165, 1.54) is 22.9 Å². The summed E-state index contributed by atoms with van der Waals surface area (Å²) in [6.07, 6.45) is 3.51. The summed E-state index contributed by atoms with van der Waals surface area (Å²) in [7, 11) is 4.06. The van der Waals surface area contributed by atoms with Gasteiger partial charge in [0.15, 0.2) is 5.82 Å². The lowest BCUT2D eigenvalue weighted by Crippen LogP contribution is -2.43. The Kier molecular flexibility index (Phi) is 6.48. The number of nitrogens with one attached hydrogen (secondary N) is 1. The molecule has 9 heteroatoms. The number of rotatable bonds is 6. The van der Waals surface area contributed by atoms with E-state index in [-0.39, 0.29) is 23.8 Å². The van der Waals surface area contributed by atoms with Gasteiger partial charge in [0.2, 0.25) is 5.91 Å². The summed E-state index contributed by atoms with van der Waals surface area (Å²) in [5.41, 5.74) is 0.0531. The fourth-order valence-electron chi connectivity index (χ4n) is 3.64. The quantitative estimate of drug-likeness (QED) is 0.781. The first-order valence-electron chi connectivity index (χ1n) is 9.69. The molecule has 1 atom stereocenters. The highest BCUT2D eigenvalue weighted by molar-refractivity contribution is 5.94. The number of pyridine rings is 1. The number of hydrogen-bond acceptors (Lipinski definition) is 6. The Labute approximate surface area is 169 Å². The first kappa shape index (κ1) is 20.8. The molecule has 29 heavy (non-hydrogen) atoms. The molecule has 1 aliphatic rings. The number of amides is 2. The fourth-order valence-corrected chi connectivity index (χ4v) is 3.64. The summed E-state index contributed by atoms with van der Waals surface area (Å²) < 4.78 is 6.14. The second-order valence-electron chi connectivity index (χ2n) is 7.78. The number of aromatic nitrogens is 2. The van der Waals surface area contributed by atoms with Gasteiger partial charge in [0.05, 0.1) is 5.56 Å². The Bertz CT molecular complexity index is 933. The van der Waals surface area contributed by atoms with Gasteiger partial charge in [-0.2, -0.15) is 0 Å². The predicted molar refractivity (Wildman–Crippen MR) is 108 cm³/mol. The van der Waals surface area contributed by atoms with E-state index in [0.717, 1.165) is 19.4 Å². The number of likely N-dealkylation sites (tertiary alicyclic amines) is 1. The molecule has 9 nitrogen and oxygen atoms in total. The van der Waals surface area contributed by atoms with Crippen LogP contribution in [0.4, 0.5) is 5.82 Å². The lowest BCUT2D eigenvalue weighted by atomic mass is 9.97. The van der Waals surface area contributed by atoms with E-state index in [9.17, 15) is 14.4 Å². The van der Waals surface area contributed by atoms with Gasteiger partial charge < -0.3 is 24.2 Å². The SMILES string of the molecule is Cc1cc(NC(=O)Cn2cc(C(=O)N3CCCC(CN(C)C)C3)ccc2=O)no1. The van der Waals surface area contributed by atoms with Crippen LogP contribution >= 0.6 is 0 Å². The highest BCUT2D eigenvalue weighted by Gasteiger charge is 2.25. The van der Waals surface area contributed by atoms with Crippen molar-refractivity contribution in [1.29, 1.82) is 0 Å². The van der Waals surface area contributed by atoms with Crippen LogP contribution in [0.3, 0.4) is 0 Å². The van der Waals surface area contributed by atoms with Gasteiger partial charge in [-0.15, -0.1) is 0 Å². The lowest BCUT2D eigenvalue weighted by molar-refractivity contribution is -0.116. The third-order valence-electron chi connectivity index (χ3n) is 4.87. The van der Waals surface area contributed by atoms with Crippen molar-refractivity contribution in [3.05, 3.63) is 46.1 Å². The van der Waals surface area contributed by atoms with Crippen LogP contribution < -0.4 is 10.9 Å². The summed E-state index contributed by atoms with van der Waals surface area (Å²) in [6.45, 7) is 3.84. The van der Waals surface area contributed by atoms with Crippen molar-refractivity contribution in [2.45, 2.75) is 26.3 Å². The van der Waals surface area contributed by atoms with Crippen molar-refractivity contribution in [3.63, 3.8) is 0 Å². The Morgan fingerprint density at radius 1 is 1.34 bits per heavy atom. The third-order valence-corrected chi connectivity index (χ3v) is 4.87. The summed E-state index contributed by atoms with van der Waals surface area (Å²) in [6, 6.07) is 4.43. The van der Waals surface area contributed by atoms with E-state index >= 15 is 0 Å². The van der Waals surface area contributed by atoms with Gasteiger partial charge in [-0.1, -0.05) is 5.16 Å². The summed E-state index contributed by atoms with van der Waals surface area (Å²) in [5.74, 6) is 0.751. The number of hydrogen-bond donors (Lipinski definition) is 1. The maximum Gasteiger partial charge on any atom is 0.255 e. The van der Waals surface area contributed by atoms with E-state index in [0.29, 0.717) is 30.3 Å². The lowest BCUT2D eigenvalue weighted by Gasteiger charge is -2.34. The van der Waals surface area contributed by atoms with E-state index in [1.54, 1.807) is 13.0 Å². The predicted octanol–water partition coefficient (Wildman–Crippen LogP) is 1.20. The van der Waals surface area contributed by atoms with Crippen molar-refractivity contribution >= 4 is 17.6 Å². The molecule has 3 rings (SSSR count). The number of piperidine rings is 1. The zero-order valence-corrected chi connectivity index (χ0v) is 17.1. The molecule has 3 heterocycles. The minimum atomic E-state index is -0.422. The van der Waals surface area contributed by atoms with Gasteiger partial charge in [0.1, 0.15) is 12.3 Å². The van der Waals surface area contributed by atoms with Crippen LogP contribution in [0, 0.1) is 12.8 Å². The molecule has 0 radical (unpaired) electrons. The van der Waals surface area contributed by atoms with Gasteiger partial charge in [0.25, 0.3) is 11.5 Å². The van der Waals surface area contributed by atoms with Crippen LogP contribution in [-0.2, 0) is 11.3 Å². The molecule has 156 valence electrons. The molecule has 1 N–H and O–H groups in total. The first-order valence-corrected chi connectivity index (χ1v) is 9.69. The Balaban J connectivity index is 1.68. The normalized spacial score (nSPS) is 16.8. The summed E-state index contributed by atoms with van der Waals surface area (Å²) in [5, 5.41) is 6.27. The average molecular weight is 401 g/mol. The molecule has 2 amide bonds. The molecule has 1 saturated heterocycles. The molecule has 1 unspecified atom stereocenters. The van der Waals surface area contributed by atoms with Crippen molar-refractivity contribution in [2.24, 2.45) is 5.92 Å². The third kappa shape index (κ3) is 5.54. The molecular formula is C20H27N5O4. The molecule has 0 bridgehead atoms. The second-order valence-corrected chi connectivity index (χ2v) is 7.78. The number of aryl methyl sites for hydroxylation is 1. The Morgan fingerprint density at radius 2 is 2.14 bits per heavy atom. The van der Waals surface area contributed by atoms with Crippen molar-refractivity contribution in [1.82, 2.24) is 19.5 Å². The van der Waals surface area contributed by atoms with Crippen molar-refractivity contribution in [2.75, 3.05) is 39.0 Å². The zero-order valence-electron chi connectivity index (χ0n) is 17.1. The van der Waals surface area contributed by atoms with Crippen LogP contribution in [0.2, 0.25) is 0 Å². The standard InChI is InChI=1S/C20H27N5O4/c1-14-9-17(22-29-14)21-18(26)13-25-12-16(6-7-19(25)27)20(28)24-8-4-5-15(11-24)10-23(2)3/h6-7,9,12,15H,4-5,8,10-11,13H2,1-3H3,(H,21,22,26). The van der Waals surface area contributed by atoms with Crippen molar-refractivity contribution in [3.8, 4) is 0 Å². The topological polar surface area (TPSA) is 101 Å². The van der Waals surface area contributed by atoms with Gasteiger partial charge in [0, 0.05) is 38.0 Å². The molecule has 2 aromatic rings. The van der Waals surface area contributed by atoms with Gasteiger partial charge in [-0.3, -0.25) is 14.4 Å². The number of carbonyl (C=O) groups excluding carboxylic acids is 2. The molecular weight excluding hydrogens is 374 g/mol. The molecule has 0 aromatic carbocycles. The van der Waals surface area contributed by atoms with Crippen LogP contribution in [-0.4, -0.2) is 65.1 Å². The number of anilines is 1. The first-order chi connectivity index (χ1) is 13.8. The molecule has 0 saturated carbocycles. The minimum absolute atomic E-state index is 0.116. The average Bonchev–Trinajstić information content (AvgIpc) is 3.07. The maximum absolute atomic E-state index is 12.9. The van der Waals surface area contributed by atoms with E-state index < -0.39 is 5.91 Å². The van der Waals surface area contributed by atoms with Crippen LogP contribution in [0.5, 0.6) is 0 Å². The zero-order chi connectivity index (χ0) is 21.0. The molecule has 0 aliphatic carbocycles. The smallest absolute Gasteiger partial charge is 0.255 e. The van der Waals surface area contributed by atoms with Crippen LogP contribution in [0.15, 0.2) is 33.7 Å². The molecule has 1 fully saturated rings. The van der Waals surface area contributed by atoms with E-state index in [4.69, 9.17) is 4.52 Å². The molecule has 0 spiro atoms. The summed E-state index contributed by atoms with van der Waals surface area (Å²) >= 11 is 0. The monoisotopic (exact) mass is 401 g/mol. The van der Waals surface area contributed by atoms with Gasteiger partial charge >= 0.3 is 0 Å². The summed E-state index contributed by atoms with van der Waals surface area (Å²) in [4.78, 5) is 41.3. The fraction of sp³-hybridized carbons (Fsp3) is 0.500. The highest BCUT2D eigenvalue weighted by Crippen LogP contribution is 2.19. The van der Waals surface area contributed by atoms with E-state index in [2.05, 4.69) is 15.4 Å². The maximum atomic E-state index is 12.9. The van der Waals surface area contributed by atoms with Crippen molar-refractivity contribution < 1.29 is 14.1 Å². The van der Waals surface area contributed by atoms with Crippen LogP contribution in [0.25, 0.3) is 0 Å². The largest absolute Gasteiger partial charge is 0.360 e. The molecule has 2 aromatic heterocycles. The Hall–Kier alpha value is -2.94. The minimum Gasteiger partial charge on any atom is -0.360 e.